The number of hydrogen-bond donors (Lipinski definition) is 0. The van der Waals surface area contributed by atoms with E-state index < -0.39 is 0 Å². The molecule has 0 aromatic heterocycles. The lowest BCUT2D eigenvalue weighted by Gasteiger charge is -2.48. The maximum atomic E-state index is 2.50. The minimum Gasteiger partial charge on any atom is -0.298 e. The lowest BCUT2D eigenvalue weighted by Crippen LogP contribution is -2.54. The van der Waals surface area contributed by atoms with Crippen molar-refractivity contribution in [2.75, 3.05) is 7.05 Å². The number of nitrogens with zero attached hydrogens (tertiary/aromatic N) is 1. The van der Waals surface area contributed by atoms with Gasteiger partial charge in [-0.2, -0.15) is 0 Å². The van der Waals surface area contributed by atoms with Crippen LogP contribution in [0.4, 0.5) is 0 Å². The fourth-order valence-electron chi connectivity index (χ4n) is 2.04. The molecule has 80 valence electrons. The average molecular weight is 185 g/mol. The highest BCUT2D eigenvalue weighted by molar-refractivity contribution is 4.91. The van der Waals surface area contributed by atoms with E-state index in [-0.39, 0.29) is 0 Å². The largest absolute Gasteiger partial charge is 0.298 e. The monoisotopic (exact) mass is 185 g/mol. The second-order valence-electron chi connectivity index (χ2n) is 5.24. The molecule has 0 amide bonds. The molecule has 0 rings (SSSR count). The molecule has 0 bridgehead atoms. The van der Waals surface area contributed by atoms with Crippen LogP contribution in [0.2, 0.25) is 0 Å². The van der Waals surface area contributed by atoms with Crippen LogP contribution in [0.3, 0.4) is 0 Å². The first-order chi connectivity index (χ1) is 5.74. The van der Waals surface area contributed by atoms with Gasteiger partial charge in [0.25, 0.3) is 0 Å². The highest BCUT2D eigenvalue weighted by Crippen LogP contribution is 2.32. The Balaban J connectivity index is 4.79. The van der Waals surface area contributed by atoms with Crippen LogP contribution in [0.15, 0.2) is 0 Å². The number of hydrogen-bond acceptors (Lipinski definition) is 1. The molecule has 1 heteroatoms. The molecule has 0 aliphatic carbocycles. The van der Waals surface area contributed by atoms with Crippen molar-refractivity contribution in [1.29, 1.82) is 0 Å². The molecule has 0 aromatic carbocycles. The topological polar surface area (TPSA) is 3.24 Å². The molecule has 0 unspecified atom stereocenters. The maximum Gasteiger partial charge on any atom is 0.0226 e. The van der Waals surface area contributed by atoms with Crippen molar-refractivity contribution in [3.63, 3.8) is 0 Å². The summed E-state index contributed by atoms with van der Waals surface area (Å²) in [7, 11) is 2.24. The minimum absolute atomic E-state index is 0.314. The molecule has 0 aliphatic rings. The molecule has 0 atom stereocenters. The summed E-state index contributed by atoms with van der Waals surface area (Å²) in [5.41, 5.74) is 0.314. The average Bonchev–Trinajstić information content (AvgIpc) is 2.00. The summed E-state index contributed by atoms with van der Waals surface area (Å²) in [6, 6.07) is 0.620. The van der Waals surface area contributed by atoms with Crippen LogP contribution in [0.25, 0.3) is 0 Å². The molecule has 1 nitrogen and oxygen atoms in total. The highest BCUT2D eigenvalue weighted by atomic mass is 15.2. The van der Waals surface area contributed by atoms with Crippen LogP contribution in [0.1, 0.15) is 48.5 Å². The van der Waals surface area contributed by atoms with Crippen molar-refractivity contribution in [1.82, 2.24) is 4.90 Å². The summed E-state index contributed by atoms with van der Waals surface area (Å²) in [6.07, 6.45) is 0. The Morgan fingerprint density at radius 1 is 0.846 bits per heavy atom. The summed E-state index contributed by atoms with van der Waals surface area (Å²) in [5.74, 6) is 1.39. The third-order valence-electron chi connectivity index (χ3n) is 3.87. The van der Waals surface area contributed by atoms with Crippen molar-refractivity contribution < 1.29 is 0 Å². The fourth-order valence-corrected chi connectivity index (χ4v) is 2.04. The SMILES string of the molecule is CC(C)N(C)C(C)(C(C)C)C(C)C. The summed E-state index contributed by atoms with van der Waals surface area (Å²) < 4.78 is 0. The van der Waals surface area contributed by atoms with Gasteiger partial charge < -0.3 is 0 Å². The van der Waals surface area contributed by atoms with E-state index in [1.807, 2.05) is 0 Å². The molecule has 13 heavy (non-hydrogen) atoms. The van der Waals surface area contributed by atoms with E-state index in [1.165, 1.54) is 0 Å². The maximum absolute atomic E-state index is 2.50. The van der Waals surface area contributed by atoms with Crippen LogP contribution in [0, 0.1) is 11.8 Å². The van der Waals surface area contributed by atoms with Crippen LogP contribution >= 0.6 is 0 Å². The second-order valence-corrected chi connectivity index (χ2v) is 5.24. The number of rotatable bonds is 4. The predicted octanol–water partition coefficient (Wildman–Crippen LogP) is 3.40. The first-order valence-electron chi connectivity index (χ1n) is 5.47. The molecule has 0 saturated heterocycles. The standard InChI is InChI=1S/C12H27N/c1-9(2)12(7,10(3)4)13(8)11(5)6/h9-11H,1-8H3. The van der Waals surface area contributed by atoms with Gasteiger partial charge in [0, 0.05) is 11.6 Å². The zero-order valence-electron chi connectivity index (χ0n) is 10.7. The Hall–Kier alpha value is -0.0400. The predicted molar refractivity (Wildman–Crippen MR) is 61.0 cm³/mol. The molecule has 0 saturated carbocycles. The molecule has 0 heterocycles. The third kappa shape index (κ3) is 2.46. The third-order valence-corrected chi connectivity index (χ3v) is 3.87. The molecule has 0 aromatic rings. The first kappa shape index (κ1) is 13.0. The molecular formula is C12H27N. The Morgan fingerprint density at radius 3 is 1.23 bits per heavy atom. The molecular weight excluding hydrogens is 158 g/mol. The normalized spacial score (nSPS) is 13.8. The van der Waals surface area contributed by atoms with E-state index in [1.54, 1.807) is 0 Å². The van der Waals surface area contributed by atoms with Gasteiger partial charge in [-0.1, -0.05) is 27.7 Å². The molecule has 0 aliphatic heterocycles. The summed E-state index contributed by atoms with van der Waals surface area (Å²) in [4.78, 5) is 2.50. The Labute approximate surface area is 84.5 Å². The fraction of sp³-hybridized carbons (Fsp3) is 1.00. The van der Waals surface area contributed by atoms with Gasteiger partial charge in [-0.05, 0) is 39.7 Å². The Bertz CT molecular complexity index is 139. The van der Waals surface area contributed by atoms with Crippen LogP contribution in [-0.4, -0.2) is 23.5 Å². The van der Waals surface area contributed by atoms with Crippen LogP contribution < -0.4 is 0 Å². The molecule has 0 N–H and O–H groups in total. The summed E-state index contributed by atoms with van der Waals surface area (Å²) >= 11 is 0. The van der Waals surface area contributed by atoms with Crippen molar-refractivity contribution in [3.8, 4) is 0 Å². The van der Waals surface area contributed by atoms with Gasteiger partial charge in [-0.3, -0.25) is 4.90 Å². The van der Waals surface area contributed by atoms with Crippen LogP contribution in [0.5, 0.6) is 0 Å². The highest BCUT2D eigenvalue weighted by Gasteiger charge is 2.36. The lowest BCUT2D eigenvalue weighted by atomic mass is 9.77. The first-order valence-corrected chi connectivity index (χ1v) is 5.47. The van der Waals surface area contributed by atoms with Gasteiger partial charge in [-0.25, -0.2) is 0 Å². The molecule has 0 radical (unpaired) electrons. The zero-order chi connectivity index (χ0) is 10.8. The Kier molecular flexibility index (Phi) is 4.44. The van der Waals surface area contributed by atoms with E-state index in [9.17, 15) is 0 Å². The van der Waals surface area contributed by atoms with Gasteiger partial charge in [-0.15, -0.1) is 0 Å². The van der Waals surface area contributed by atoms with Gasteiger partial charge >= 0.3 is 0 Å². The second kappa shape index (κ2) is 4.45. The van der Waals surface area contributed by atoms with Crippen molar-refractivity contribution in [3.05, 3.63) is 0 Å². The minimum atomic E-state index is 0.314. The summed E-state index contributed by atoms with van der Waals surface area (Å²) in [6.45, 7) is 16.2. The van der Waals surface area contributed by atoms with Crippen molar-refractivity contribution in [2.45, 2.75) is 60.0 Å². The van der Waals surface area contributed by atoms with Gasteiger partial charge in [0.05, 0.1) is 0 Å². The van der Waals surface area contributed by atoms with Crippen molar-refractivity contribution >= 4 is 0 Å². The van der Waals surface area contributed by atoms with E-state index in [0.717, 1.165) is 0 Å². The zero-order valence-corrected chi connectivity index (χ0v) is 10.7. The molecule has 0 fully saturated rings. The molecule has 0 spiro atoms. The Morgan fingerprint density at radius 2 is 1.15 bits per heavy atom. The van der Waals surface area contributed by atoms with E-state index in [2.05, 4.69) is 60.4 Å². The van der Waals surface area contributed by atoms with E-state index >= 15 is 0 Å². The lowest BCUT2D eigenvalue weighted by molar-refractivity contribution is 0.0180. The van der Waals surface area contributed by atoms with Gasteiger partial charge in [0.15, 0.2) is 0 Å². The van der Waals surface area contributed by atoms with Crippen molar-refractivity contribution in [2.24, 2.45) is 11.8 Å². The smallest absolute Gasteiger partial charge is 0.0226 e. The van der Waals surface area contributed by atoms with Crippen LogP contribution in [-0.2, 0) is 0 Å². The quantitative estimate of drug-likeness (QED) is 0.649. The summed E-state index contributed by atoms with van der Waals surface area (Å²) in [5, 5.41) is 0. The van der Waals surface area contributed by atoms with Gasteiger partial charge in [0.1, 0.15) is 0 Å². The van der Waals surface area contributed by atoms with E-state index in [0.29, 0.717) is 23.4 Å². The van der Waals surface area contributed by atoms with E-state index in [4.69, 9.17) is 0 Å². The van der Waals surface area contributed by atoms with Gasteiger partial charge in [0.2, 0.25) is 0 Å².